The third kappa shape index (κ3) is 3.83. The number of carbonyl (C=O) groups is 2. The first-order chi connectivity index (χ1) is 10.5. The molecule has 2 rings (SSSR count). The van der Waals surface area contributed by atoms with Crippen molar-refractivity contribution in [3.05, 3.63) is 48.6 Å². The van der Waals surface area contributed by atoms with Gasteiger partial charge in [-0.05, 0) is 18.9 Å². The second kappa shape index (κ2) is 7.36. The van der Waals surface area contributed by atoms with E-state index in [1.54, 1.807) is 6.92 Å². The average Bonchev–Trinajstić information content (AvgIpc) is 2.84. The highest BCUT2D eigenvalue weighted by molar-refractivity contribution is 5.82. The minimum absolute atomic E-state index is 0.0356. The summed E-state index contributed by atoms with van der Waals surface area (Å²) in [6.07, 6.45) is 2.56. The number of carbonyl (C=O) groups excluding carboxylic acids is 2. The van der Waals surface area contributed by atoms with Gasteiger partial charge in [-0.15, -0.1) is 6.58 Å². The number of ether oxygens (including phenoxy) is 1. The van der Waals surface area contributed by atoms with Gasteiger partial charge in [-0.3, -0.25) is 14.5 Å². The van der Waals surface area contributed by atoms with Gasteiger partial charge in [0.05, 0.1) is 12.6 Å². The Kier molecular flexibility index (Phi) is 5.50. The van der Waals surface area contributed by atoms with Crippen LogP contribution in [0.3, 0.4) is 0 Å². The van der Waals surface area contributed by atoms with Crippen molar-refractivity contribution < 1.29 is 14.3 Å². The van der Waals surface area contributed by atoms with E-state index in [0.717, 1.165) is 5.56 Å². The predicted octanol–water partition coefficient (Wildman–Crippen LogP) is 2.58. The summed E-state index contributed by atoms with van der Waals surface area (Å²) in [5.74, 6) is -0.0317. The van der Waals surface area contributed by atoms with E-state index in [9.17, 15) is 9.59 Å². The zero-order valence-electron chi connectivity index (χ0n) is 13.2. The SMILES string of the molecule is C=C[C@H]1[C@H](COC(C)=O)C[C@H](C(C)=O)N1Cc1ccccc1. The molecule has 1 aromatic carbocycles. The fourth-order valence-electron chi connectivity index (χ4n) is 3.17. The first-order valence-corrected chi connectivity index (χ1v) is 7.59. The Labute approximate surface area is 131 Å². The third-order valence-electron chi connectivity index (χ3n) is 4.21. The second-order valence-electron chi connectivity index (χ2n) is 5.81. The molecule has 22 heavy (non-hydrogen) atoms. The van der Waals surface area contributed by atoms with Gasteiger partial charge in [-0.1, -0.05) is 36.4 Å². The Bertz CT molecular complexity index is 541. The van der Waals surface area contributed by atoms with Gasteiger partial charge >= 0.3 is 5.97 Å². The van der Waals surface area contributed by atoms with Crippen molar-refractivity contribution in [1.82, 2.24) is 4.90 Å². The highest BCUT2D eigenvalue weighted by atomic mass is 16.5. The van der Waals surface area contributed by atoms with Gasteiger partial charge in [-0.2, -0.15) is 0 Å². The van der Waals surface area contributed by atoms with Crippen LogP contribution in [0.15, 0.2) is 43.0 Å². The van der Waals surface area contributed by atoms with Gasteiger partial charge in [-0.25, -0.2) is 0 Å². The van der Waals surface area contributed by atoms with E-state index in [1.165, 1.54) is 6.92 Å². The Morgan fingerprint density at radius 3 is 2.55 bits per heavy atom. The van der Waals surface area contributed by atoms with E-state index in [-0.39, 0.29) is 29.8 Å². The maximum atomic E-state index is 12.0. The fraction of sp³-hybridized carbons (Fsp3) is 0.444. The van der Waals surface area contributed by atoms with Crippen LogP contribution in [-0.4, -0.2) is 35.3 Å². The number of hydrogen-bond acceptors (Lipinski definition) is 4. The lowest BCUT2D eigenvalue weighted by molar-refractivity contribution is -0.142. The van der Waals surface area contributed by atoms with E-state index in [4.69, 9.17) is 4.74 Å². The Morgan fingerprint density at radius 2 is 2.00 bits per heavy atom. The topological polar surface area (TPSA) is 46.6 Å². The first kappa shape index (κ1) is 16.4. The average molecular weight is 301 g/mol. The van der Waals surface area contributed by atoms with Crippen molar-refractivity contribution in [3.63, 3.8) is 0 Å². The van der Waals surface area contributed by atoms with Crippen LogP contribution < -0.4 is 0 Å². The molecule has 0 amide bonds. The molecule has 1 aromatic rings. The third-order valence-corrected chi connectivity index (χ3v) is 4.21. The molecule has 1 heterocycles. The van der Waals surface area contributed by atoms with Crippen LogP contribution >= 0.6 is 0 Å². The molecule has 1 aliphatic rings. The summed E-state index contributed by atoms with van der Waals surface area (Å²) >= 11 is 0. The van der Waals surface area contributed by atoms with Crippen LogP contribution in [0.2, 0.25) is 0 Å². The summed E-state index contributed by atoms with van der Waals surface area (Å²) in [7, 11) is 0. The number of hydrogen-bond donors (Lipinski definition) is 0. The van der Waals surface area contributed by atoms with Gasteiger partial charge in [0.2, 0.25) is 0 Å². The minimum Gasteiger partial charge on any atom is -0.466 e. The van der Waals surface area contributed by atoms with Crippen LogP contribution in [0.5, 0.6) is 0 Å². The molecule has 0 radical (unpaired) electrons. The first-order valence-electron chi connectivity index (χ1n) is 7.59. The fourth-order valence-corrected chi connectivity index (χ4v) is 3.17. The highest BCUT2D eigenvalue weighted by Crippen LogP contribution is 2.33. The lowest BCUT2D eigenvalue weighted by atomic mass is 9.99. The maximum absolute atomic E-state index is 12.0. The summed E-state index contributed by atoms with van der Waals surface area (Å²) in [6.45, 7) is 7.97. The van der Waals surface area contributed by atoms with Crippen molar-refractivity contribution in [2.24, 2.45) is 5.92 Å². The van der Waals surface area contributed by atoms with E-state index >= 15 is 0 Å². The molecule has 0 spiro atoms. The van der Waals surface area contributed by atoms with Crippen molar-refractivity contribution in [3.8, 4) is 0 Å². The molecule has 0 saturated carbocycles. The zero-order valence-corrected chi connectivity index (χ0v) is 13.2. The number of ketones is 1. The molecule has 0 unspecified atom stereocenters. The van der Waals surface area contributed by atoms with E-state index in [1.807, 2.05) is 24.3 Å². The van der Waals surface area contributed by atoms with Crippen molar-refractivity contribution in [2.45, 2.75) is 38.9 Å². The Hall–Kier alpha value is -1.94. The molecular formula is C18H23NO3. The number of benzene rings is 1. The molecule has 1 aliphatic heterocycles. The molecule has 0 N–H and O–H groups in total. The molecule has 3 atom stereocenters. The molecule has 1 fully saturated rings. The summed E-state index contributed by atoms with van der Waals surface area (Å²) < 4.78 is 5.16. The molecule has 0 bridgehead atoms. The Morgan fingerprint density at radius 1 is 1.32 bits per heavy atom. The number of nitrogens with zero attached hydrogens (tertiary/aromatic N) is 1. The van der Waals surface area contributed by atoms with Gasteiger partial charge in [0, 0.05) is 25.4 Å². The van der Waals surface area contributed by atoms with Crippen molar-refractivity contribution in [2.75, 3.05) is 6.61 Å². The van der Waals surface area contributed by atoms with Crippen LogP contribution in [-0.2, 0) is 20.9 Å². The summed E-state index contributed by atoms with van der Waals surface area (Å²) in [5, 5.41) is 0. The summed E-state index contributed by atoms with van der Waals surface area (Å²) in [6, 6.07) is 9.95. The molecule has 4 heteroatoms. The number of likely N-dealkylation sites (tertiary alicyclic amines) is 1. The predicted molar refractivity (Wildman–Crippen MR) is 85.2 cm³/mol. The van der Waals surface area contributed by atoms with E-state index in [2.05, 4.69) is 23.6 Å². The van der Waals surface area contributed by atoms with Crippen molar-refractivity contribution in [1.29, 1.82) is 0 Å². The zero-order chi connectivity index (χ0) is 16.1. The normalized spacial score (nSPS) is 24.9. The lowest BCUT2D eigenvalue weighted by Gasteiger charge is -2.28. The van der Waals surface area contributed by atoms with E-state index < -0.39 is 0 Å². The second-order valence-corrected chi connectivity index (χ2v) is 5.81. The van der Waals surface area contributed by atoms with Gasteiger partial charge in [0.1, 0.15) is 5.78 Å². The van der Waals surface area contributed by atoms with E-state index in [0.29, 0.717) is 19.6 Å². The molecule has 4 nitrogen and oxygen atoms in total. The smallest absolute Gasteiger partial charge is 0.302 e. The number of rotatable bonds is 6. The van der Waals surface area contributed by atoms with Crippen LogP contribution in [0, 0.1) is 5.92 Å². The van der Waals surface area contributed by atoms with Crippen LogP contribution in [0.25, 0.3) is 0 Å². The molecular weight excluding hydrogens is 278 g/mol. The molecule has 118 valence electrons. The van der Waals surface area contributed by atoms with Crippen LogP contribution in [0.1, 0.15) is 25.8 Å². The summed E-state index contributed by atoms with van der Waals surface area (Å²) in [5.41, 5.74) is 1.16. The molecule has 0 aliphatic carbocycles. The lowest BCUT2D eigenvalue weighted by Crippen LogP contribution is -2.39. The van der Waals surface area contributed by atoms with Gasteiger partial charge in [0.25, 0.3) is 0 Å². The summed E-state index contributed by atoms with van der Waals surface area (Å²) in [4.78, 5) is 25.2. The standard InChI is InChI=1S/C18H23NO3/c1-4-17-16(12-22-14(3)21)10-18(13(2)20)19(17)11-15-8-6-5-7-9-15/h4-9,16-18H,1,10-12H2,2-3H3/t16-,17-,18+/m0/s1. The van der Waals surface area contributed by atoms with Crippen molar-refractivity contribution >= 4 is 11.8 Å². The van der Waals surface area contributed by atoms with Gasteiger partial charge in [0.15, 0.2) is 0 Å². The number of esters is 1. The molecule has 1 saturated heterocycles. The van der Waals surface area contributed by atoms with Gasteiger partial charge < -0.3 is 4.74 Å². The highest BCUT2D eigenvalue weighted by Gasteiger charge is 2.41. The maximum Gasteiger partial charge on any atom is 0.302 e. The quantitative estimate of drug-likeness (QED) is 0.598. The monoisotopic (exact) mass is 301 g/mol. The minimum atomic E-state index is -0.288. The van der Waals surface area contributed by atoms with Crippen LogP contribution in [0.4, 0.5) is 0 Å². The Balaban J connectivity index is 2.17. The molecule has 0 aromatic heterocycles. The largest absolute Gasteiger partial charge is 0.466 e. The number of Topliss-reactive ketones (excluding diaryl/α,β-unsaturated/α-hetero) is 1.